The molecule has 0 aromatic heterocycles. The van der Waals surface area contributed by atoms with E-state index in [9.17, 15) is 43.2 Å². The normalized spacial score (nSPS) is 14.3. The lowest BCUT2D eigenvalue weighted by atomic mass is 9.99. The molecule has 0 bridgehead atoms. The van der Waals surface area contributed by atoms with E-state index in [0.717, 1.165) is 108 Å². The third-order valence-corrected chi connectivity index (χ3v) is 19.7. The van der Waals surface area contributed by atoms with Crippen molar-refractivity contribution >= 4 is 39.5 Å². The number of hydrogen-bond donors (Lipinski definition) is 3. The third kappa shape index (κ3) is 67.3. The topological polar surface area (TPSA) is 237 Å². The van der Waals surface area contributed by atoms with Crippen LogP contribution in [-0.4, -0.2) is 96.7 Å². The van der Waals surface area contributed by atoms with E-state index in [1.807, 2.05) is 0 Å². The Bertz CT molecular complexity index is 1820. The number of aliphatic hydroxyl groups excluding tert-OH is 1. The maximum Gasteiger partial charge on any atom is 0.472 e. The highest BCUT2D eigenvalue weighted by atomic mass is 31.2. The van der Waals surface area contributed by atoms with Crippen molar-refractivity contribution in [3.8, 4) is 0 Å². The van der Waals surface area contributed by atoms with Gasteiger partial charge >= 0.3 is 39.5 Å². The molecule has 3 unspecified atom stereocenters. The van der Waals surface area contributed by atoms with Gasteiger partial charge in [0.05, 0.1) is 26.4 Å². The molecule has 0 amide bonds. The molecule has 0 aliphatic rings. The van der Waals surface area contributed by atoms with Crippen molar-refractivity contribution in [2.75, 3.05) is 39.6 Å². The zero-order chi connectivity index (χ0) is 69.3. The minimum Gasteiger partial charge on any atom is -0.462 e. The van der Waals surface area contributed by atoms with Crippen LogP contribution in [-0.2, 0) is 65.4 Å². The minimum atomic E-state index is -4.96. The summed E-state index contributed by atoms with van der Waals surface area (Å²) in [5.74, 6) is -0.520. The van der Waals surface area contributed by atoms with Crippen molar-refractivity contribution in [3.63, 3.8) is 0 Å². The maximum atomic E-state index is 13.1. The molecule has 19 heteroatoms. The number of ether oxygens (including phenoxy) is 4. The highest BCUT2D eigenvalue weighted by Gasteiger charge is 2.30. The van der Waals surface area contributed by atoms with Gasteiger partial charge in [0.15, 0.2) is 12.2 Å². The van der Waals surface area contributed by atoms with E-state index >= 15 is 0 Å². The first kappa shape index (κ1) is 92.1. The van der Waals surface area contributed by atoms with E-state index in [2.05, 4.69) is 41.5 Å². The number of unbranched alkanes of at least 4 members (excludes halogenated alkanes) is 43. The van der Waals surface area contributed by atoms with Gasteiger partial charge in [0, 0.05) is 25.7 Å². The summed E-state index contributed by atoms with van der Waals surface area (Å²) in [4.78, 5) is 72.7. The van der Waals surface area contributed by atoms with E-state index in [1.54, 1.807) is 0 Å². The fraction of sp³-hybridized carbons (Fsp3) is 0.947. The average Bonchev–Trinajstić information content (AvgIpc) is 1.58. The van der Waals surface area contributed by atoms with Crippen LogP contribution >= 0.6 is 15.6 Å². The van der Waals surface area contributed by atoms with Crippen LogP contribution in [0.1, 0.15) is 388 Å². The van der Waals surface area contributed by atoms with Gasteiger partial charge in [-0.15, -0.1) is 0 Å². The summed E-state index contributed by atoms with van der Waals surface area (Å²) < 4.78 is 68.4. The lowest BCUT2D eigenvalue weighted by Crippen LogP contribution is -2.30. The van der Waals surface area contributed by atoms with E-state index in [0.29, 0.717) is 25.7 Å². The van der Waals surface area contributed by atoms with Crippen molar-refractivity contribution in [1.29, 1.82) is 0 Å². The zero-order valence-electron chi connectivity index (χ0n) is 61.3. The molecular weight excluding hydrogens is 1230 g/mol. The Labute approximate surface area is 575 Å². The van der Waals surface area contributed by atoms with Gasteiger partial charge in [-0.3, -0.25) is 37.3 Å². The second-order valence-electron chi connectivity index (χ2n) is 27.8. The van der Waals surface area contributed by atoms with Crippen LogP contribution in [0.2, 0.25) is 0 Å². The molecule has 17 nitrogen and oxygen atoms in total. The Hall–Kier alpha value is -1.94. The molecule has 0 saturated heterocycles. The highest BCUT2D eigenvalue weighted by molar-refractivity contribution is 7.47. The number of phosphoric ester groups is 2. The maximum absolute atomic E-state index is 13.1. The molecule has 0 saturated carbocycles. The van der Waals surface area contributed by atoms with Crippen molar-refractivity contribution in [2.45, 2.75) is 407 Å². The van der Waals surface area contributed by atoms with Crippen LogP contribution in [0.15, 0.2) is 0 Å². The minimum absolute atomic E-state index is 0.106. The molecule has 0 aromatic rings. The molecule has 558 valence electrons. The van der Waals surface area contributed by atoms with Crippen molar-refractivity contribution in [3.05, 3.63) is 0 Å². The van der Waals surface area contributed by atoms with Crippen LogP contribution in [0.5, 0.6) is 0 Å². The fourth-order valence-electron chi connectivity index (χ4n) is 11.4. The molecule has 0 aliphatic carbocycles. The van der Waals surface area contributed by atoms with E-state index in [4.69, 9.17) is 37.0 Å². The number of hydrogen-bond acceptors (Lipinski definition) is 15. The van der Waals surface area contributed by atoms with E-state index in [1.165, 1.54) is 199 Å². The van der Waals surface area contributed by atoms with Gasteiger partial charge in [0.25, 0.3) is 0 Å². The molecule has 3 N–H and O–H groups in total. The second kappa shape index (κ2) is 66.9. The number of carbonyl (C=O) groups excluding carboxylic acids is 4. The molecule has 0 spiro atoms. The predicted molar refractivity (Wildman–Crippen MR) is 381 cm³/mol. The average molecular weight is 1380 g/mol. The molecule has 0 radical (unpaired) electrons. The van der Waals surface area contributed by atoms with Gasteiger partial charge < -0.3 is 33.8 Å². The number of esters is 4. The summed E-state index contributed by atoms with van der Waals surface area (Å²) in [6, 6.07) is 0. The Morgan fingerprint density at radius 2 is 0.543 bits per heavy atom. The SMILES string of the molecule is CCCCCCCCCCCCCCCCCC(=O)OC[C@H](COP(=O)(O)OC[C@@H](O)COP(=O)(O)OC[C@@H](COC(=O)CCCCCCCCCC)OC(=O)CCCCCCCCCCCCC(C)C)OC(=O)CCCCCCCCCCCCCCCCC(C)CC. The van der Waals surface area contributed by atoms with Crippen molar-refractivity contribution in [1.82, 2.24) is 0 Å². The molecule has 0 aromatic carbocycles. The summed E-state index contributed by atoms with van der Waals surface area (Å²) >= 11 is 0. The van der Waals surface area contributed by atoms with Gasteiger partial charge in [-0.2, -0.15) is 0 Å². The van der Waals surface area contributed by atoms with Crippen LogP contribution in [0.25, 0.3) is 0 Å². The molecule has 0 heterocycles. The Balaban J connectivity index is 5.22. The van der Waals surface area contributed by atoms with E-state index < -0.39 is 97.5 Å². The Morgan fingerprint density at radius 1 is 0.309 bits per heavy atom. The van der Waals surface area contributed by atoms with Gasteiger partial charge in [-0.25, -0.2) is 9.13 Å². The lowest BCUT2D eigenvalue weighted by Gasteiger charge is -2.21. The molecular formula is C75H146O17P2. The first-order chi connectivity index (χ1) is 45.4. The summed E-state index contributed by atoms with van der Waals surface area (Å²) in [5, 5.41) is 10.6. The van der Waals surface area contributed by atoms with Gasteiger partial charge in [-0.05, 0) is 37.5 Å². The molecule has 0 fully saturated rings. The summed E-state index contributed by atoms with van der Waals surface area (Å²) in [6.07, 6.45) is 54.0. The summed E-state index contributed by atoms with van der Waals surface area (Å²) in [5.41, 5.74) is 0. The summed E-state index contributed by atoms with van der Waals surface area (Å²) in [6.45, 7) is 9.61. The second-order valence-corrected chi connectivity index (χ2v) is 30.7. The van der Waals surface area contributed by atoms with Crippen LogP contribution < -0.4 is 0 Å². The third-order valence-electron chi connectivity index (χ3n) is 17.8. The summed E-state index contributed by atoms with van der Waals surface area (Å²) in [7, 11) is -9.91. The van der Waals surface area contributed by atoms with Crippen LogP contribution in [0.4, 0.5) is 0 Å². The molecule has 94 heavy (non-hydrogen) atoms. The Morgan fingerprint density at radius 3 is 0.809 bits per heavy atom. The fourth-order valence-corrected chi connectivity index (χ4v) is 13.0. The number of rotatable bonds is 74. The number of carbonyl (C=O) groups is 4. The van der Waals surface area contributed by atoms with E-state index in [-0.39, 0.29) is 25.7 Å². The quantitative estimate of drug-likeness (QED) is 0.0222. The first-order valence-corrected chi connectivity index (χ1v) is 42.0. The smallest absolute Gasteiger partial charge is 0.462 e. The van der Waals surface area contributed by atoms with Crippen LogP contribution in [0.3, 0.4) is 0 Å². The molecule has 0 aliphatic heterocycles. The number of aliphatic hydroxyl groups is 1. The van der Waals surface area contributed by atoms with Gasteiger partial charge in [0.2, 0.25) is 0 Å². The van der Waals surface area contributed by atoms with Crippen LogP contribution in [0, 0.1) is 11.8 Å². The zero-order valence-corrected chi connectivity index (χ0v) is 63.1. The highest BCUT2D eigenvalue weighted by Crippen LogP contribution is 2.45. The van der Waals surface area contributed by atoms with Gasteiger partial charge in [0.1, 0.15) is 19.3 Å². The standard InChI is InChI=1S/C75H146O17P2/c1-7-10-12-14-16-18-19-20-21-25-28-34-40-46-52-58-73(78)86-64-71(92-74(79)59-53-47-41-35-29-26-23-22-24-27-33-38-44-50-56-68(6)9-3)66-90-94(83,84)88-62-69(76)61-87-93(81,82)89-65-70(63-85-72(77)57-51-45-39-17-15-13-11-8-2)91-75(80)60-54-48-42-36-31-30-32-37-43-49-55-67(4)5/h67-71,76H,7-66H2,1-6H3,(H,81,82)(H,83,84)/t68?,69-,70+,71+/m0/s1. The van der Waals surface area contributed by atoms with Crippen molar-refractivity contribution in [2.24, 2.45) is 11.8 Å². The first-order valence-electron chi connectivity index (χ1n) is 39.0. The Kier molecular flexibility index (Phi) is 65.5. The monoisotopic (exact) mass is 1380 g/mol. The largest absolute Gasteiger partial charge is 0.472 e. The van der Waals surface area contributed by atoms with Crippen molar-refractivity contribution < 1.29 is 80.2 Å². The predicted octanol–water partition coefficient (Wildman–Crippen LogP) is 21.9. The lowest BCUT2D eigenvalue weighted by molar-refractivity contribution is -0.161. The van der Waals surface area contributed by atoms with Gasteiger partial charge in [-0.1, -0.05) is 337 Å². The molecule has 0 rings (SSSR count). The molecule has 6 atom stereocenters. The number of phosphoric acid groups is 2.